The smallest absolute Gasteiger partial charge is 0.241 e. The minimum atomic E-state index is -0.0301. The average molecular weight is 283 g/mol. The van der Waals surface area contributed by atoms with Gasteiger partial charge >= 0.3 is 0 Å². The molecule has 2 amide bonds. The molecule has 0 aromatic rings. The van der Waals surface area contributed by atoms with Crippen molar-refractivity contribution in [2.45, 2.75) is 52.5 Å². The van der Waals surface area contributed by atoms with Crippen LogP contribution in [0.5, 0.6) is 0 Å². The van der Waals surface area contributed by atoms with E-state index in [0.717, 1.165) is 32.4 Å². The van der Waals surface area contributed by atoms with Crippen molar-refractivity contribution < 1.29 is 9.59 Å². The van der Waals surface area contributed by atoms with Crippen LogP contribution in [0.2, 0.25) is 0 Å². The molecule has 1 atom stereocenters. The van der Waals surface area contributed by atoms with Gasteiger partial charge in [-0.25, -0.2) is 0 Å². The highest BCUT2D eigenvalue weighted by molar-refractivity contribution is 5.84. The number of piperidine rings is 1. The van der Waals surface area contributed by atoms with Crippen LogP contribution in [0.3, 0.4) is 0 Å². The van der Waals surface area contributed by atoms with Gasteiger partial charge in [-0.15, -0.1) is 0 Å². The first-order chi connectivity index (χ1) is 9.40. The third-order valence-electron chi connectivity index (χ3n) is 4.02. The molecular weight excluding hydrogens is 254 g/mol. The summed E-state index contributed by atoms with van der Waals surface area (Å²) < 4.78 is 0. The van der Waals surface area contributed by atoms with Crippen molar-refractivity contribution >= 4 is 11.8 Å². The monoisotopic (exact) mass is 283 g/mol. The maximum absolute atomic E-state index is 12.0. The number of carbonyl (C=O) groups is 2. The van der Waals surface area contributed by atoms with Crippen molar-refractivity contribution in [1.29, 1.82) is 0 Å². The van der Waals surface area contributed by atoms with Crippen LogP contribution in [0, 0.1) is 11.8 Å². The van der Waals surface area contributed by atoms with Crippen LogP contribution in [-0.2, 0) is 9.59 Å². The van der Waals surface area contributed by atoms with Gasteiger partial charge in [-0.1, -0.05) is 13.8 Å². The fraction of sp³-hybridized carbons (Fsp3) is 0.867. The molecule has 0 saturated carbocycles. The molecule has 0 aromatic carbocycles. The molecule has 1 aliphatic heterocycles. The Morgan fingerprint density at radius 1 is 1.25 bits per heavy atom. The predicted molar refractivity (Wildman–Crippen MR) is 80.0 cm³/mol. The number of likely N-dealkylation sites (tertiary alicyclic amines) is 1. The van der Waals surface area contributed by atoms with Crippen LogP contribution in [0.25, 0.3) is 0 Å². The molecule has 1 unspecified atom stereocenters. The van der Waals surface area contributed by atoms with E-state index >= 15 is 0 Å². The molecule has 0 radical (unpaired) electrons. The number of nitrogens with zero attached hydrogens (tertiary/aromatic N) is 1. The molecule has 1 heterocycles. The Morgan fingerprint density at radius 2 is 1.85 bits per heavy atom. The van der Waals surface area contributed by atoms with E-state index in [4.69, 9.17) is 5.73 Å². The number of hydrogen-bond donors (Lipinski definition) is 2. The van der Waals surface area contributed by atoms with E-state index in [-0.39, 0.29) is 24.4 Å². The van der Waals surface area contributed by atoms with Crippen molar-refractivity contribution in [3.63, 3.8) is 0 Å². The van der Waals surface area contributed by atoms with Gasteiger partial charge < -0.3 is 16.0 Å². The summed E-state index contributed by atoms with van der Waals surface area (Å²) in [5, 5.41) is 2.71. The van der Waals surface area contributed by atoms with Gasteiger partial charge in [0.25, 0.3) is 0 Å². The molecule has 3 N–H and O–H groups in total. The molecule has 5 heteroatoms. The maximum Gasteiger partial charge on any atom is 0.241 e. The van der Waals surface area contributed by atoms with E-state index in [2.05, 4.69) is 19.2 Å². The van der Waals surface area contributed by atoms with Gasteiger partial charge in [0, 0.05) is 25.6 Å². The summed E-state index contributed by atoms with van der Waals surface area (Å²) in [6.07, 6.45) is 3.28. The summed E-state index contributed by atoms with van der Waals surface area (Å²) in [5.41, 5.74) is 5.88. The topological polar surface area (TPSA) is 75.4 Å². The van der Waals surface area contributed by atoms with E-state index in [1.165, 1.54) is 0 Å². The van der Waals surface area contributed by atoms with Gasteiger partial charge in [-0.2, -0.15) is 0 Å². The molecule has 0 spiro atoms. The van der Waals surface area contributed by atoms with Crippen LogP contribution in [-0.4, -0.2) is 42.4 Å². The number of rotatable bonds is 6. The largest absolute Gasteiger partial charge is 0.347 e. The van der Waals surface area contributed by atoms with Gasteiger partial charge in [-0.05, 0) is 38.0 Å². The third kappa shape index (κ3) is 5.90. The molecule has 1 rings (SSSR count). The van der Waals surface area contributed by atoms with Crippen LogP contribution in [0.4, 0.5) is 0 Å². The zero-order valence-electron chi connectivity index (χ0n) is 13.0. The van der Waals surface area contributed by atoms with Crippen LogP contribution < -0.4 is 11.1 Å². The van der Waals surface area contributed by atoms with Crippen LogP contribution in [0.15, 0.2) is 0 Å². The molecule has 20 heavy (non-hydrogen) atoms. The highest BCUT2D eigenvalue weighted by Crippen LogP contribution is 2.19. The molecular formula is C15H29N3O2. The van der Waals surface area contributed by atoms with Gasteiger partial charge in [0.2, 0.25) is 11.8 Å². The fourth-order valence-corrected chi connectivity index (χ4v) is 2.47. The summed E-state index contributed by atoms with van der Waals surface area (Å²) in [6.45, 7) is 7.83. The second-order valence-electron chi connectivity index (χ2n) is 6.29. The molecule has 0 aliphatic carbocycles. The van der Waals surface area contributed by atoms with E-state index in [9.17, 15) is 9.59 Å². The van der Waals surface area contributed by atoms with E-state index in [1.807, 2.05) is 11.8 Å². The first-order valence-electron chi connectivity index (χ1n) is 7.70. The molecule has 5 nitrogen and oxygen atoms in total. The Morgan fingerprint density at radius 3 is 2.35 bits per heavy atom. The third-order valence-corrected chi connectivity index (χ3v) is 4.02. The molecule has 0 bridgehead atoms. The van der Waals surface area contributed by atoms with Crippen LogP contribution >= 0.6 is 0 Å². The number of nitrogens with two attached hydrogens (primary N) is 1. The molecule has 1 fully saturated rings. The van der Waals surface area contributed by atoms with Gasteiger partial charge in [0.15, 0.2) is 0 Å². The van der Waals surface area contributed by atoms with Gasteiger partial charge in [0.05, 0.1) is 6.54 Å². The fourth-order valence-electron chi connectivity index (χ4n) is 2.47. The van der Waals surface area contributed by atoms with Crippen molar-refractivity contribution in [1.82, 2.24) is 10.2 Å². The Hall–Kier alpha value is -1.10. The van der Waals surface area contributed by atoms with Crippen LogP contribution in [0.1, 0.15) is 46.5 Å². The molecule has 1 aliphatic rings. The zero-order valence-corrected chi connectivity index (χ0v) is 13.0. The lowest BCUT2D eigenvalue weighted by Crippen LogP contribution is -2.46. The highest BCUT2D eigenvalue weighted by atomic mass is 16.2. The summed E-state index contributed by atoms with van der Waals surface area (Å²) >= 11 is 0. The molecule has 0 aromatic heterocycles. The zero-order chi connectivity index (χ0) is 15.1. The normalized spacial score (nSPS) is 18.1. The Balaban J connectivity index is 2.22. The first-order valence-corrected chi connectivity index (χ1v) is 7.70. The number of carbonyl (C=O) groups excluding carboxylic acids is 2. The number of hydrogen-bond acceptors (Lipinski definition) is 3. The van der Waals surface area contributed by atoms with Gasteiger partial charge in [0.1, 0.15) is 0 Å². The number of amides is 2. The van der Waals surface area contributed by atoms with Crippen molar-refractivity contribution in [3.8, 4) is 0 Å². The minimum Gasteiger partial charge on any atom is -0.347 e. The molecule has 116 valence electrons. The minimum absolute atomic E-state index is 0.0195. The first kappa shape index (κ1) is 17.0. The maximum atomic E-state index is 12.0. The van der Waals surface area contributed by atoms with Crippen molar-refractivity contribution in [2.75, 3.05) is 19.6 Å². The van der Waals surface area contributed by atoms with Crippen molar-refractivity contribution in [3.05, 3.63) is 0 Å². The lowest BCUT2D eigenvalue weighted by molar-refractivity contribution is -0.134. The summed E-state index contributed by atoms with van der Waals surface area (Å²) in [6, 6.07) is 0.197. The Bertz CT molecular complexity index is 321. The SMILES string of the molecule is CC(C)CCC(=O)NCC(=O)N1CCC(C(C)N)CC1. The summed E-state index contributed by atoms with van der Waals surface area (Å²) in [4.78, 5) is 25.4. The Labute approximate surface area is 122 Å². The second-order valence-corrected chi connectivity index (χ2v) is 6.29. The van der Waals surface area contributed by atoms with E-state index in [0.29, 0.717) is 18.3 Å². The van der Waals surface area contributed by atoms with Crippen molar-refractivity contribution in [2.24, 2.45) is 17.6 Å². The quantitative estimate of drug-likeness (QED) is 0.767. The van der Waals surface area contributed by atoms with Gasteiger partial charge in [-0.3, -0.25) is 9.59 Å². The lowest BCUT2D eigenvalue weighted by atomic mass is 9.91. The highest BCUT2D eigenvalue weighted by Gasteiger charge is 2.24. The summed E-state index contributed by atoms with van der Waals surface area (Å²) in [5.74, 6) is 1.01. The lowest BCUT2D eigenvalue weighted by Gasteiger charge is -2.33. The van der Waals surface area contributed by atoms with E-state index in [1.54, 1.807) is 0 Å². The predicted octanol–water partition coefficient (Wildman–Crippen LogP) is 1.12. The summed E-state index contributed by atoms with van der Waals surface area (Å²) in [7, 11) is 0. The van der Waals surface area contributed by atoms with E-state index < -0.39 is 0 Å². The second kappa shape index (κ2) is 8.25. The Kier molecular flexibility index (Phi) is 6.99. The average Bonchev–Trinajstić information content (AvgIpc) is 2.42. The standard InChI is InChI=1S/C15H29N3O2/c1-11(2)4-5-14(19)17-10-15(20)18-8-6-13(7-9-18)12(3)16/h11-13H,4-10,16H2,1-3H3,(H,17,19). The number of nitrogens with one attached hydrogen (secondary N) is 1. The molecule has 1 saturated heterocycles.